The highest BCUT2D eigenvalue weighted by Crippen LogP contribution is 2.25. The van der Waals surface area contributed by atoms with E-state index in [0.717, 1.165) is 29.7 Å². The fourth-order valence-electron chi connectivity index (χ4n) is 2.52. The van der Waals surface area contributed by atoms with Crippen LogP contribution in [0.15, 0.2) is 6.20 Å². The van der Waals surface area contributed by atoms with Gasteiger partial charge in [0.15, 0.2) is 5.78 Å². The van der Waals surface area contributed by atoms with Crippen LogP contribution in [0.5, 0.6) is 5.75 Å². The fraction of sp³-hybridized carbons (Fsp3) is 0.625. The number of carbonyl (C=O) groups is 1. The minimum Gasteiger partial charge on any atom is -0.496 e. The standard InChI is InChI=1S/C16H25NO3/c1-6-12(7-2)15(19)14(18)8-13-11(4)16(20-5)10(3)9-17-13/h9,12,15,19H,6-8H2,1-5H3. The summed E-state index contributed by atoms with van der Waals surface area (Å²) >= 11 is 0. The van der Waals surface area contributed by atoms with Crippen LogP contribution in [0.4, 0.5) is 0 Å². The summed E-state index contributed by atoms with van der Waals surface area (Å²) in [6.45, 7) is 7.79. The van der Waals surface area contributed by atoms with Crippen molar-refractivity contribution in [3.8, 4) is 5.75 Å². The molecule has 1 heterocycles. The number of ether oxygens (including phenoxy) is 1. The van der Waals surface area contributed by atoms with Crippen molar-refractivity contribution in [1.29, 1.82) is 0 Å². The molecule has 1 unspecified atom stereocenters. The first-order valence-corrected chi connectivity index (χ1v) is 7.16. The van der Waals surface area contributed by atoms with Gasteiger partial charge in [0.2, 0.25) is 0 Å². The number of hydrogen-bond acceptors (Lipinski definition) is 4. The van der Waals surface area contributed by atoms with E-state index in [1.54, 1.807) is 13.3 Å². The number of hydrogen-bond donors (Lipinski definition) is 1. The number of Topliss-reactive ketones (excluding diaryl/α,β-unsaturated/α-hetero) is 1. The van der Waals surface area contributed by atoms with Crippen LogP contribution in [0.2, 0.25) is 0 Å². The number of aliphatic hydroxyl groups excluding tert-OH is 1. The van der Waals surface area contributed by atoms with Gasteiger partial charge in [-0.25, -0.2) is 0 Å². The molecule has 1 atom stereocenters. The highest BCUT2D eigenvalue weighted by atomic mass is 16.5. The van der Waals surface area contributed by atoms with Gasteiger partial charge in [-0.2, -0.15) is 0 Å². The van der Waals surface area contributed by atoms with Crippen LogP contribution < -0.4 is 4.74 Å². The van der Waals surface area contributed by atoms with E-state index in [0.29, 0.717) is 5.69 Å². The van der Waals surface area contributed by atoms with Crippen LogP contribution in [0.1, 0.15) is 43.5 Å². The molecular weight excluding hydrogens is 254 g/mol. The van der Waals surface area contributed by atoms with Gasteiger partial charge in [-0.05, 0) is 19.8 Å². The number of methoxy groups -OCH3 is 1. The normalized spacial score (nSPS) is 12.6. The van der Waals surface area contributed by atoms with E-state index in [1.807, 2.05) is 27.7 Å². The lowest BCUT2D eigenvalue weighted by Crippen LogP contribution is -2.30. The molecule has 0 saturated carbocycles. The SMILES string of the molecule is CCC(CC)C(O)C(=O)Cc1ncc(C)c(OC)c1C. The average Bonchev–Trinajstić information content (AvgIpc) is 2.43. The fourth-order valence-corrected chi connectivity index (χ4v) is 2.52. The molecule has 0 aliphatic carbocycles. The minimum absolute atomic E-state index is 0.0233. The van der Waals surface area contributed by atoms with Crippen LogP contribution in [0, 0.1) is 19.8 Å². The molecular formula is C16H25NO3. The number of pyridine rings is 1. The lowest BCUT2D eigenvalue weighted by atomic mass is 9.91. The largest absolute Gasteiger partial charge is 0.496 e. The molecule has 1 rings (SSSR count). The predicted molar refractivity (Wildman–Crippen MR) is 79.1 cm³/mol. The molecule has 0 bridgehead atoms. The van der Waals surface area contributed by atoms with Crippen LogP contribution >= 0.6 is 0 Å². The van der Waals surface area contributed by atoms with Crippen LogP contribution in [0.25, 0.3) is 0 Å². The zero-order valence-corrected chi connectivity index (χ0v) is 13.1. The summed E-state index contributed by atoms with van der Waals surface area (Å²) in [5.74, 6) is 0.621. The summed E-state index contributed by atoms with van der Waals surface area (Å²) in [5, 5.41) is 10.1. The molecule has 1 aromatic rings. The molecule has 112 valence electrons. The molecule has 1 N–H and O–H groups in total. The summed E-state index contributed by atoms with van der Waals surface area (Å²) in [6.07, 6.45) is 2.55. The molecule has 0 radical (unpaired) electrons. The third-order valence-electron chi connectivity index (χ3n) is 3.92. The number of aliphatic hydroxyl groups is 1. The highest BCUT2D eigenvalue weighted by Gasteiger charge is 2.24. The van der Waals surface area contributed by atoms with Crippen molar-refractivity contribution in [2.75, 3.05) is 7.11 Å². The predicted octanol–water partition coefficient (Wildman–Crippen LogP) is 2.62. The summed E-state index contributed by atoms with van der Waals surface area (Å²) < 4.78 is 5.33. The molecule has 0 aliphatic heterocycles. The second-order valence-corrected chi connectivity index (χ2v) is 5.21. The molecule has 0 aliphatic rings. The van der Waals surface area contributed by atoms with Gasteiger partial charge in [-0.1, -0.05) is 26.7 Å². The second kappa shape index (κ2) is 7.39. The molecule has 0 saturated heterocycles. The number of carbonyl (C=O) groups excluding carboxylic acids is 1. The van der Waals surface area contributed by atoms with E-state index < -0.39 is 6.10 Å². The maximum Gasteiger partial charge on any atom is 0.167 e. The molecule has 1 aromatic heterocycles. The Kier molecular flexibility index (Phi) is 6.14. The molecule has 0 spiro atoms. The van der Waals surface area contributed by atoms with E-state index >= 15 is 0 Å². The Labute approximate surface area is 121 Å². The number of ketones is 1. The molecule has 20 heavy (non-hydrogen) atoms. The average molecular weight is 279 g/mol. The van der Waals surface area contributed by atoms with Crippen molar-refractivity contribution in [1.82, 2.24) is 4.98 Å². The lowest BCUT2D eigenvalue weighted by Gasteiger charge is -2.19. The Balaban J connectivity index is 2.91. The molecule has 0 amide bonds. The van der Waals surface area contributed by atoms with Crippen molar-refractivity contribution >= 4 is 5.78 Å². The van der Waals surface area contributed by atoms with Crippen LogP contribution in [0.3, 0.4) is 0 Å². The van der Waals surface area contributed by atoms with E-state index in [-0.39, 0.29) is 18.1 Å². The van der Waals surface area contributed by atoms with Gasteiger partial charge in [0.1, 0.15) is 11.9 Å². The summed E-state index contributed by atoms with van der Waals surface area (Å²) in [5.41, 5.74) is 2.50. The lowest BCUT2D eigenvalue weighted by molar-refractivity contribution is -0.129. The first kappa shape index (κ1) is 16.6. The Hall–Kier alpha value is -1.42. The molecule has 0 fully saturated rings. The Morgan fingerprint density at radius 2 is 1.95 bits per heavy atom. The maximum atomic E-state index is 12.2. The van der Waals surface area contributed by atoms with Crippen molar-refractivity contribution in [3.05, 3.63) is 23.0 Å². The van der Waals surface area contributed by atoms with Gasteiger partial charge in [0, 0.05) is 17.3 Å². The Bertz CT molecular complexity index is 467. The third kappa shape index (κ3) is 3.57. The Morgan fingerprint density at radius 3 is 2.45 bits per heavy atom. The topological polar surface area (TPSA) is 59.4 Å². The van der Waals surface area contributed by atoms with E-state index in [1.165, 1.54) is 0 Å². The zero-order valence-electron chi connectivity index (χ0n) is 13.1. The Morgan fingerprint density at radius 1 is 1.35 bits per heavy atom. The monoisotopic (exact) mass is 279 g/mol. The maximum absolute atomic E-state index is 12.2. The van der Waals surface area contributed by atoms with E-state index in [9.17, 15) is 9.90 Å². The molecule has 4 nitrogen and oxygen atoms in total. The first-order valence-electron chi connectivity index (χ1n) is 7.16. The van der Waals surface area contributed by atoms with Crippen molar-refractivity contribution in [3.63, 3.8) is 0 Å². The number of aromatic nitrogens is 1. The third-order valence-corrected chi connectivity index (χ3v) is 3.92. The quantitative estimate of drug-likeness (QED) is 0.833. The zero-order chi connectivity index (χ0) is 15.3. The number of rotatable bonds is 7. The number of aryl methyl sites for hydroxylation is 1. The van der Waals surface area contributed by atoms with Crippen LogP contribution in [-0.4, -0.2) is 29.1 Å². The van der Waals surface area contributed by atoms with Crippen molar-refractivity contribution < 1.29 is 14.6 Å². The van der Waals surface area contributed by atoms with E-state index in [2.05, 4.69) is 4.98 Å². The summed E-state index contributed by atoms with van der Waals surface area (Å²) in [4.78, 5) is 16.5. The summed E-state index contributed by atoms with van der Waals surface area (Å²) in [6, 6.07) is 0. The first-order chi connectivity index (χ1) is 9.46. The van der Waals surface area contributed by atoms with Crippen LogP contribution in [-0.2, 0) is 11.2 Å². The van der Waals surface area contributed by atoms with Gasteiger partial charge >= 0.3 is 0 Å². The van der Waals surface area contributed by atoms with Gasteiger partial charge in [-0.15, -0.1) is 0 Å². The van der Waals surface area contributed by atoms with Gasteiger partial charge in [0.25, 0.3) is 0 Å². The van der Waals surface area contributed by atoms with Gasteiger partial charge < -0.3 is 9.84 Å². The van der Waals surface area contributed by atoms with E-state index in [4.69, 9.17) is 4.74 Å². The molecule has 4 heteroatoms. The number of nitrogens with zero attached hydrogens (tertiary/aromatic N) is 1. The van der Waals surface area contributed by atoms with Gasteiger partial charge in [0.05, 0.1) is 19.2 Å². The van der Waals surface area contributed by atoms with Crippen molar-refractivity contribution in [2.45, 2.75) is 53.1 Å². The minimum atomic E-state index is -0.904. The molecule has 0 aromatic carbocycles. The van der Waals surface area contributed by atoms with Gasteiger partial charge in [-0.3, -0.25) is 9.78 Å². The highest BCUT2D eigenvalue weighted by molar-refractivity contribution is 5.85. The second-order valence-electron chi connectivity index (χ2n) is 5.21. The summed E-state index contributed by atoms with van der Waals surface area (Å²) in [7, 11) is 1.61. The smallest absolute Gasteiger partial charge is 0.167 e. The van der Waals surface area contributed by atoms with Crippen molar-refractivity contribution in [2.24, 2.45) is 5.92 Å².